The number of anilines is 1. The Bertz CT molecular complexity index is 414. The zero-order valence-corrected chi connectivity index (χ0v) is 9.74. The minimum absolute atomic E-state index is 0.0670. The maximum Gasteiger partial charge on any atom is 0.341 e. The molecule has 0 aliphatic rings. The number of esters is 1. The minimum Gasteiger partial charge on any atom is -0.462 e. The normalized spacial score (nSPS) is 10.4. The second kappa shape index (κ2) is 4.93. The molecule has 0 saturated carbocycles. The van der Waals surface area contributed by atoms with Crippen molar-refractivity contribution < 1.29 is 14.5 Å². The lowest BCUT2D eigenvalue weighted by Crippen LogP contribution is -2.10. The number of ether oxygens (including phenoxy) is 1. The molecule has 0 aliphatic carbocycles. The summed E-state index contributed by atoms with van der Waals surface area (Å²) in [6, 6.07) is 1.14. The highest BCUT2D eigenvalue weighted by Gasteiger charge is 2.21. The maximum absolute atomic E-state index is 11.5. The first-order valence-electron chi connectivity index (χ1n) is 4.62. The average molecular weight is 244 g/mol. The Labute approximate surface area is 96.2 Å². The SMILES string of the molecule is CC(C)COC(=O)c1cc([N+](=O)[O-])sc1N. The molecular formula is C9H12N2O4S. The minimum atomic E-state index is -0.615. The van der Waals surface area contributed by atoms with E-state index in [1.54, 1.807) is 0 Å². The van der Waals surface area contributed by atoms with Crippen molar-refractivity contribution in [3.8, 4) is 0 Å². The van der Waals surface area contributed by atoms with Crippen LogP contribution in [-0.2, 0) is 4.74 Å². The summed E-state index contributed by atoms with van der Waals surface area (Å²) in [7, 11) is 0. The largest absolute Gasteiger partial charge is 0.462 e. The first-order chi connectivity index (χ1) is 7.41. The summed E-state index contributed by atoms with van der Waals surface area (Å²) in [5.74, 6) is -0.408. The van der Waals surface area contributed by atoms with E-state index in [1.165, 1.54) is 0 Å². The molecule has 0 aromatic carbocycles. The van der Waals surface area contributed by atoms with Gasteiger partial charge in [0.1, 0.15) is 10.6 Å². The summed E-state index contributed by atoms with van der Waals surface area (Å²) in [4.78, 5) is 21.4. The molecule has 0 bridgehead atoms. The molecule has 2 N–H and O–H groups in total. The van der Waals surface area contributed by atoms with Crippen molar-refractivity contribution >= 4 is 27.3 Å². The molecule has 0 fully saturated rings. The lowest BCUT2D eigenvalue weighted by atomic mass is 10.2. The van der Waals surface area contributed by atoms with Crippen LogP contribution in [0.5, 0.6) is 0 Å². The van der Waals surface area contributed by atoms with Crippen LogP contribution in [0.3, 0.4) is 0 Å². The first kappa shape index (κ1) is 12.4. The van der Waals surface area contributed by atoms with Crippen LogP contribution in [0.25, 0.3) is 0 Å². The van der Waals surface area contributed by atoms with Gasteiger partial charge in [-0.1, -0.05) is 13.8 Å². The number of nitro groups is 1. The number of hydrogen-bond acceptors (Lipinski definition) is 6. The van der Waals surface area contributed by atoms with Crippen molar-refractivity contribution in [2.75, 3.05) is 12.3 Å². The van der Waals surface area contributed by atoms with E-state index in [1.807, 2.05) is 13.8 Å². The third kappa shape index (κ3) is 2.93. The first-order valence-corrected chi connectivity index (χ1v) is 5.44. The predicted octanol–water partition coefficient (Wildman–Crippen LogP) is 2.05. The monoisotopic (exact) mass is 244 g/mol. The van der Waals surface area contributed by atoms with Gasteiger partial charge in [-0.05, 0) is 17.3 Å². The Kier molecular flexibility index (Phi) is 3.83. The number of hydrogen-bond donors (Lipinski definition) is 1. The van der Waals surface area contributed by atoms with E-state index < -0.39 is 10.9 Å². The molecule has 0 saturated heterocycles. The number of rotatable bonds is 4. The van der Waals surface area contributed by atoms with Crippen LogP contribution in [0.4, 0.5) is 10.0 Å². The highest BCUT2D eigenvalue weighted by Crippen LogP contribution is 2.31. The quantitative estimate of drug-likeness (QED) is 0.496. The molecule has 1 aromatic heterocycles. The molecule has 0 unspecified atom stereocenters. The standard InChI is InChI=1S/C9H12N2O4S/c1-5(2)4-15-9(12)6-3-7(11(13)14)16-8(6)10/h3,5H,4,10H2,1-2H3. The molecule has 16 heavy (non-hydrogen) atoms. The highest BCUT2D eigenvalue weighted by atomic mass is 32.1. The van der Waals surface area contributed by atoms with Crippen molar-refractivity contribution in [1.29, 1.82) is 0 Å². The number of carbonyl (C=O) groups excluding carboxylic acids is 1. The van der Waals surface area contributed by atoms with Gasteiger partial charge in [-0.25, -0.2) is 4.79 Å². The molecule has 1 heterocycles. The molecular weight excluding hydrogens is 232 g/mol. The van der Waals surface area contributed by atoms with Gasteiger partial charge in [0.25, 0.3) is 0 Å². The second-order valence-electron chi connectivity index (χ2n) is 3.61. The summed E-state index contributed by atoms with van der Waals surface area (Å²) in [6.45, 7) is 4.06. The Balaban J connectivity index is 2.79. The third-order valence-corrected chi connectivity index (χ3v) is 2.61. The van der Waals surface area contributed by atoms with Crippen LogP contribution in [-0.4, -0.2) is 17.5 Å². The fourth-order valence-electron chi connectivity index (χ4n) is 0.961. The lowest BCUT2D eigenvalue weighted by molar-refractivity contribution is -0.380. The van der Waals surface area contributed by atoms with Gasteiger partial charge in [0.2, 0.25) is 0 Å². The summed E-state index contributed by atoms with van der Waals surface area (Å²) in [6.07, 6.45) is 0. The van der Waals surface area contributed by atoms with E-state index in [0.717, 1.165) is 17.4 Å². The molecule has 6 nitrogen and oxygen atoms in total. The van der Waals surface area contributed by atoms with Crippen LogP contribution < -0.4 is 5.73 Å². The van der Waals surface area contributed by atoms with Gasteiger partial charge in [0, 0.05) is 6.07 Å². The molecule has 1 aromatic rings. The summed E-state index contributed by atoms with van der Waals surface area (Å²) < 4.78 is 4.93. The topological polar surface area (TPSA) is 95.5 Å². The number of nitrogens with zero attached hydrogens (tertiary/aromatic N) is 1. The van der Waals surface area contributed by atoms with Gasteiger partial charge in [-0.2, -0.15) is 0 Å². The smallest absolute Gasteiger partial charge is 0.341 e. The van der Waals surface area contributed by atoms with Gasteiger partial charge >= 0.3 is 11.0 Å². The van der Waals surface area contributed by atoms with E-state index in [-0.39, 0.29) is 28.1 Å². The molecule has 0 aliphatic heterocycles. The van der Waals surface area contributed by atoms with Crippen LogP contribution in [0, 0.1) is 16.0 Å². The van der Waals surface area contributed by atoms with Gasteiger partial charge in [0.15, 0.2) is 0 Å². The Morgan fingerprint density at radius 3 is 2.75 bits per heavy atom. The van der Waals surface area contributed by atoms with Gasteiger partial charge in [-0.3, -0.25) is 10.1 Å². The summed E-state index contributed by atoms with van der Waals surface area (Å²) in [5.41, 5.74) is 5.57. The van der Waals surface area contributed by atoms with E-state index in [2.05, 4.69) is 0 Å². The van der Waals surface area contributed by atoms with Crippen LogP contribution in [0.15, 0.2) is 6.07 Å². The predicted molar refractivity (Wildman–Crippen MR) is 60.5 cm³/mol. The van der Waals surface area contributed by atoms with Crippen LogP contribution in [0.2, 0.25) is 0 Å². The zero-order valence-electron chi connectivity index (χ0n) is 8.93. The number of nitrogen functional groups attached to an aromatic ring is 1. The molecule has 0 amide bonds. The van der Waals surface area contributed by atoms with Crippen molar-refractivity contribution in [2.45, 2.75) is 13.8 Å². The maximum atomic E-state index is 11.5. The van der Waals surface area contributed by atoms with E-state index >= 15 is 0 Å². The van der Waals surface area contributed by atoms with Crippen molar-refractivity contribution in [3.05, 3.63) is 21.7 Å². The van der Waals surface area contributed by atoms with Crippen molar-refractivity contribution in [3.63, 3.8) is 0 Å². The average Bonchev–Trinajstić information content (AvgIpc) is 2.57. The second-order valence-corrected chi connectivity index (χ2v) is 4.67. The Morgan fingerprint density at radius 1 is 1.69 bits per heavy atom. The highest BCUT2D eigenvalue weighted by molar-refractivity contribution is 7.19. The number of nitrogens with two attached hydrogens (primary N) is 1. The van der Waals surface area contributed by atoms with Gasteiger partial charge in [-0.15, -0.1) is 0 Å². The molecule has 7 heteroatoms. The fraction of sp³-hybridized carbons (Fsp3) is 0.444. The third-order valence-electron chi connectivity index (χ3n) is 1.70. The van der Waals surface area contributed by atoms with E-state index in [9.17, 15) is 14.9 Å². The summed E-state index contributed by atoms with van der Waals surface area (Å²) >= 11 is 0.763. The molecule has 0 atom stereocenters. The molecule has 88 valence electrons. The molecule has 0 spiro atoms. The van der Waals surface area contributed by atoms with Gasteiger partial charge < -0.3 is 10.5 Å². The fourth-order valence-corrected chi connectivity index (χ4v) is 1.69. The zero-order chi connectivity index (χ0) is 12.3. The Morgan fingerprint density at radius 2 is 2.31 bits per heavy atom. The van der Waals surface area contributed by atoms with Crippen molar-refractivity contribution in [2.24, 2.45) is 5.92 Å². The number of thiophene rings is 1. The van der Waals surface area contributed by atoms with Gasteiger partial charge in [0.05, 0.1) is 11.5 Å². The Hall–Kier alpha value is -1.63. The molecule has 1 rings (SSSR count). The van der Waals surface area contributed by atoms with E-state index in [0.29, 0.717) is 0 Å². The summed E-state index contributed by atoms with van der Waals surface area (Å²) in [5, 5.41) is 10.4. The van der Waals surface area contributed by atoms with Crippen molar-refractivity contribution in [1.82, 2.24) is 0 Å². The molecule has 0 radical (unpaired) electrons. The van der Waals surface area contributed by atoms with Crippen LogP contribution in [0.1, 0.15) is 24.2 Å². The van der Waals surface area contributed by atoms with Crippen LogP contribution >= 0.6 is 11.3 Å². The van der Waals surface area contributed by atoms with E-state index in [4.69, 9.17) is 10.5 Å². The lowest BCUT2D eigenvalue weighted by Gasteiger charge is -2.05. The number of carbonyl (C=O) groups is 1.